The molecule has 1 atom stereocenters. The van der Waals surface area contributed by atoms with Crippen molar-refractivity contribution in [2.45, 2.75) is 110 Å². The molecule has 168 valence electrons. The molecule has 3 nitrogen and oxygen atoms in total. The molecule has 0 aliphatic heterocycles. The summed E-state index contributed by atoms with van der Waals surface area (Å²) in [6.45, 7) is 7.62. The largest absolute Gasteiger partial charge is 0.494 e. The maximum atomic E-state index is 5.92. The molecular formula is C26H42N2OS. The molecule has 0 spiro atoms. The minimum Gasteiger partial charge on any atom is -0.494 e. The molecule has 0 N–H and O–H groups in total. The Hall–Kier alpha value is -1.42. The van der Waals surface area contributed by atoms with E-state index in [1.165, 1.54) is 77.0 Å². The van der Waals surface area contributed by atoms with Crippen LogP contribution in [0.2, 0.25) is 0 Å². The van der Waals surface area contributed by atoms with Gasteiger partial charge in [-0.2, -0.15) is 0 Å². The summed E-state index contributed by atoms with van der Waals surface area (Å²) in [5.41, 5.74) is 1.14. The van der Waals surface area contributed by atoms with Crippen LogP contribution >= 0.6 is 11.3 Å². The SMILES string of the molecule is CCCCCCCCCCOc1ccc(-c2nnc(C(C)CCCCCC)s2)cc1. The number of hydrogen-bond acceptors (Lipinski definition) is 4. The predicted molar refractivity (Wildman–Crippen MR) is 131 cm³/mol. The maximum Gasteiger partial charge on any atom is 0.147 e. The van der Waals surface area contributed by atoms with Crippen LogP contribution in [0.1, 0.15) is 115 Å². The predicted octanol–water partition coefficient (Wildman–Crippen LogP) is 8.80. The third kappa shape index (κ3) is 9.59. The van der Waals surface area contributed by atoms with Crippen molar-refractivity contribution in [1.82, 2.24) is 10.2 Å². The molecule has 0 bridgehead atoms. The van der Waals surface area contributed by atoms with Crippen LogP contribution < -0.4 is 4.74 Å². The molecule has 1 aromatic carbocycles. The number of rotatable bonds is 17. The van der Waals surface area contributed by atoms with Crippen LogP contribution in [-0.4, -0.2) is 16.8 Å². The summed E-state index contributed by atoms with van der Waals surface area (Å²) in [7, 11) is 0. The van der Waals surface area contributed by atoms with Gasteiger partial charge in [0.15, 0.2) is 0 Å². The van der Waals surface area contributed by atoms with Crippen LogP contribution in [0.4, 0.5) is 0 Å². The third-order valence-electron chi connectivity index (χ3n) is 5.72. The van der Waals surface area contributed by atoms with Crippen molar-refractivity contribution in [3.63, 3.8) is 0 Å². The van der Waals surface area contributed by atoms with Gasteiger partial charge in [-0.15, -0.1) is 10.2 Å². The molecule has 2 aromatic rings. The first-order valence-corrected chi connectivity index (χ1v) is 13.1. The highest BCUT2D eigenvalue weighted by atomic mass is 32.1. The molecule has 0 aliphatic carbocycles. The number of ether oxygens (including phenoxy) is 1. The summed E-state index contributed by atoms with van der Waals surface area (Å²) in [5, 5.41) is 11.1. The second-order valence-electron chi connectivity index (χ2n) is 8.54. The summed E-state index contributed by atoms with van der Waals surface area (Å²) in [5.74, 6) is 1.46. The summed E-state index contributed by atoms with van der Waals surface area (Å²) in [4.78, 5) is 0. The van der Waals surface area contributed by atoms with Crippen molar-refractivity contribution < 1.29 is 4.74 Å². The highest BCUT2D eigenvalue weighted by Gasteiger charge is 2.13. The van der Waals surface area contributed by atoms with Crippen molar-refractivity contribution in [1.29, 1.82) is 0 Å². The van der Waals surface area contributed by atoms with E-state index in [9.17, 15) is 0 Å². The van der Waals surface area contributed by atoms with Crippen LogP contribution in [0, 0.1) is 0 Å². The van der Waals surface area contributed by atoms with Crippen LogP contribution in [0.25, 0.3) is 10.6 Å². The van der Waals surface area contributed by atoms with E-state index in [1.807, 2.05) is 0 Å². The molecule has 1 aromatic heterocycles. The normalized spacial score (nSPS) is 12.2. The molecule has 0 fully saturated rings. The zero-order valence-electron chi connectivity index (χ0n) is 19.5. The number of aromatic nitrogens is 2. The minimum absolute atomic E-state index is 0.502. The van der Waals surface area contributed by atoms with Gasteiger partial charge in [0.1, 0.15) is 15.8 Å². The zero-order chi connectivity index (χ0) is 21.4. The van der Waals surface area contributed by atoms with E-state index in [1.54, 1.807) is 11.3 Å². The molecule has 0 aliphatic rings. The molecule has 4 heteroatoms. The summed E-state index contributed by atoms with van der Waals surface area (Å²) in [6, 6.07) is 8.35. The monoisotopic (exact) mass is 430 g/mol. The topological polar surface area (TPSA) is 35.0 Å². The Bertz CT molecular complexity index is 668. The lowest BCUT2D eigenvalue weighted by molar-refractivity contribution is 0.304. The van der Waals surface area contributed by atoms with Gasteiger partial charge >= 0.3 is 0 Å². The van der Waals surface area contributed by atoms with E-state index in [2.05, 4.69) is 55.2 Å². The van der Waals surface area contributed by atoms with E-state index in [0.717, 1.165) is 34.4 Å². The average molecular weight is 431 g/mol. The quantitative estimate of drug-likeness (QED) is 0.235. The molecule has 0 saturated heterocycles. The maximum absolute atomic E-state index is 5.92. The standard InChI is InChI=1S/C26H42N2OS/c1-4-6-8-10-11-12-13-15-21-29-24-19-17-23(18-20-24)26-28-27-25(30-26)22(3)16-14-9-7-5-2/h17-20,22H,4-16,21H2,1-3H3. The van der Waals surface area contributed by atoms with Gasteiger partial charge in [0.05, 0.1) is 6.61 Å². The molecule has 1 unspecified atom stereocenters. The highest BCUT2D eigenvalue weighted by molar-refractivity contribution is 7.14. The fraction of sp³-hybridized carbons (Fsp3) is 0.692. The zero-order valence-corrected chi connectivity index (χ0v) is 20.3. The number of hydrogen-bond donors (Lipinski definition) is 0. The molecule has 0 saturated carbocycles. The van der Waals surface area contributed by atoms with Crippen molar-refractivity contribution in [3.05, 3.63) is 29.3 Å². The number of unbranched alkanes of at least 4 members (excludes halogenated alkanes) is 10. The average Bonchev–Trinajstić information content (AvgIpc) is 3.26. The summed E-state index contributed by atoms with van der Waals surface area (Å²) in [6.07, 6.45) is 17.1. The van der Waals surface area contributed by atoms with Crippen molar-refractivity contribution in [2.24, 2.45) is 0 Å². The Morgan fingerprint density at radius 3 is 2.03 bits per heavy atom. The van der Waals surface area contributed by atoms with Gasteiger partial charge in [-0.3, -0.25) is 0 Å². The molecule has 2 rings (SSSR count). The Morgan fingerprint density at radius 2 is 1.37 bits per heavy atom. The first-order valence-electron chi connectivity index (χ1n) is 12.3. The van der Waals surface area contributed by atoms with Gasteiger partial charge in [-0.1, -0.05) is 103 Å². The van der Waals surface area contributed by atoms with Crippen LogP contribution in [0.15, 0.2) is 24.3 Å². The van der Waals surface area contributed by atoms with Gasteiger partial charge in [-0.25, -0.2) is 0 Å². The third-order valence-corrected chi connectivity index (χ3v) is 6.92. The molecule has 30 heavy (non-hydrogen) atoms. The van der Waals surface area contributed by atoms with E-state index < -0.39 is 0 Å². The Kier molecular flexibility index (Phi) is 12.7. The van der Waals surface area contributed by atoms with E-state index in [4.69, 9.17) is 4.74 Å². The minimum atomic E-state index is 0.502. The smallest absolute Gasteiger partial charge is 0.147 e. The Labute approximate surface area is 188 Å². The summed E-state index contributed by atoms with van der Waals surface area (Å²) >= 11 is 1.73. The van der Waals surface area contributed by atoms with Crippen LogP contribution in [0.5, 0.6) is 5.75 Å². The molecule has 0 radical (unpaired) electrons. The van der Waals surface area contributed by atoms with E-state index >= 15 is 0 Å². The lowest BCUT2D eigenvalue weighted by Crippen LogP contribution is -1.97. The van der Waals surface area contributed by atoms with Gasteiger partial charge < -0.3 is 4.74 Å². The highest BCUT2D eigenvalue weighted by Crippen LogP contribution is 2.31. The van der Waals surface area contributed by atoms with Crippen molar-refractivity contribution in [2.75, 3.05) is 6.61 Å². The van der Waals surface area contributed by atoms with Gasteiger partial charge in [0.25, 0.3) is 0 Å². The fourth-order valence-corrected chi connectivity index (χ4v) is 4.61. The van der Waals surface area contributed by atoms with Crippen LogP contribution in [-0.2, 0) is 0 Å². The van der Waals surface area contributed by atoms with Gasteiger partial charge in [0, 0.05) is 11.5 Å². The molecular weight excluding hydrogens is 388 g/mol. The number of benzene rings is 1. The van der Waals surface area contributed by atoms with E-state index in [-0.39, 0.29) is 0 Å². The van der Waals surface area contributed by atoms with Crippen molar-refractivity contribution >= 4 is 11.3 Å². The first-order chi connectivity index (χ1) is 14.7. The van der Waals surface area contributed by atoms with Crippen LogP contribution in [0.3, 0.4) is 0 Å². The van der Waals surface area contributed by atoms with E-state index in [0.29, 0.717) is 5.92 Å². The molecule has 0 amide bonds. The molecule has 1 heterocycles. The van der Waals surface area contributed by atoms with Gasteiger partial charge in [0.2, 0.25) is 0 Å². The Balaban J connectivity index is 1.67. The summed E-state index contributed by atoms with van der Waals surface area (Å²) < 4.78 is 5.92. The van der Waals surface area contributed by atoms with Crippen molar-refractivity contribution in [3.8, 4) is 16.3 Å². The van der Waals surface area contributed by atoms with Gasteiger partial charge in [-0.05, 0) is 37.1 Å². The first kappa shape index (κ1) is 24.8. The Morgan fingerprint density at radius 1 is 0.767 bits per heavy atom. The lowest BCUT2D eigenvalue weighted by Gasteiger charge is -2.07. The number of nitrogens with zero attached hydrogens (tertiary/aromatic N) is 2. The fourth-order valence-electron chi connectivity index (χ4n) is 3.67. The second-order valence-corrected chi connectivity index (χ2v) is 9.55. The lowest BCUT2D eigenvalue weighted by atomic mass is 10.0. The second kappa shape index (κ2) is 15.4.